The summed E-state index contributed by atoms with van der Waals surface area (Å²) in [5.74, 6) is -0.905. The molecule has 3 aromatic rings. The van der Waals surface area contributed by atoms with Crippen molar-refractivity contribution in [2.45, 2.75) is 6.04 Å². The lowest BCUT2D eigenvalue weighted by Crippen LogP contribution is -2.43. The molecule has 2 heterocycles. The molecule has 1 unspecified atom stereocenters. The minimum atomic E-state index is -0.345. The van der Waals surface area contributed by atoms with Crippen LogP contribution in [0.15, 0.2) is 48.5 Å². The Bertz CT molecular complexity index is 965. The summed E-state index contributed by atoms with van der Waals surface area (Å²) in [6.07, 6.45) is 0. The predicted molar refractivity (Wildman–Crippen MR) is 102 cm³/mol. The normalized spacial score (nSPS) is 16.2. The van der Waals surface area contributed by atoms with Crippen molar-refractivity contribution >= 4 is 16.8 Å². The summed E-state index contributed by atoms with van der Waals surface area (Å²) < 4.78 is 32.1. The number of aromatic nitrogens is 1. The van der Waals surface area contributed by atoms with E-state index in [9.17, 15) is 13.6 Å². The van der Waals surface area contributed by atoms with Crippen molar-refractivity contribution in [1.29, 1.82) is 0 Å². The maximum Gasteiger partial charge on any atom is 0.267 e. The fourth-order valence-corrected chi connectivity index (χ4v) is 3.54. The minimum absolute atomic E-state index is 0.0877. The average Bonchev–Trinajstić information content (AvgIpc) is 3.13. The molecule has 0 saturated carbocycles. The maximum absolute atomic E-state index is 13.4. The smallest absolute Gasteiger partial charge is 0.267 e. The lowest BCUT2D eigenvalue weighted by atomic mass is 10.0. The van der Waals surface area contributed by atoms with E-state index in [-0.39, 0.29) is 23.6 Å². The Kier molecular flexibility index (Phi) is 5.36. The van der Waals surface area contributed by atoms with Crippen LogP contribution in [0.3, 0.4) is 0 Å². The van der Waals surface area contributed by atoms with Gasteiger partial charge in [-0.05, 0) is 42.0 Å². The van der Waals surface area contributed by atoms with Gasteiger partial charge in [-0.1, -0.05) is 12.1 Å². The molecule has 146 valence electrons. The SMILES string of the molecule is O=C(NCC(c1ccc(F)cc1)N1CCOCC1)c1cc2cc(F)ccc2[nH]1. The number of hydrogen-bond donors (Lipinski definition) is 2. The van der Waals surface area contributed by atoms with Gasteiger partial charge in [-0.3, -0.25) is 9.69 Å². The van der Waals surface area contributed by atoms with Crippen molar-refractivity contribution in [3.63, 3.8) is 0 Å². The molecular formula is C21H21F2N3O2. The molecule has 1 fully saturated rings. The lowest BCUT2D eigenvalue weighted by molar-refractivity contribution is 0.0162. The molecule has 1 amide bonds. The summed E-state index contributed by atoms with van der Waals surface area (Å²) >= 11 is 0. The fourth-order valence-electron chi connectivity index (χ4n) is 3.54. The van der Waals surface area contributed by atoms with Crippen molar-refractivity contribution < 1.29 is 18.3 Å². The number of nitrogens with one attached hydrogen (secondary N) is 2. The van der Waals surface area contributed by atoms with E-state index in [1.807, 2.05) is 0 Å². The number of carbonyl (C=O) groups excluding carboxylic acids is 1. The predicted octanol–water partition coefficient (Wildman–Crippen LogP) is 3.25. The Balaban J connectivity index is 1.50. The van der Waals surface area contributed by atoms with Crippen molar-refractivity contribution in [2.24, 2.45) is 0 Å². The second-order valence-corrected chi connectivity index (χ2v) is 6.84. The van der Waals surface area contributed by atoms with E-state index in [0.717, 1.165) is 18.7 Å². The summed E-state index contributed by atoms with van der Waals surface area (Å²) in [6.45, 7) is 3.10. The van der Waals surface area contributed by atoms with Crippen LogP contribution in [0.25, 0.3) is 10.9 Å². The number of rotatable bonds is 5. The van der Waals surface area contributed by atoms with Gasteiger partial charge in [0.25, 0.3) is 5.91 Å². The standard InChI is InChI=1S/C21H21F2N3O2/c22-16-3-1-14(2-4-16)20(26-7-9-28-10-8-26)13-24-21(27)19-12-15-11-17(23)5-6-18(15)25-19/h1-6,11-12,20,25H,7-10,13H2,(H,24,27). The van der Waals surface area contributed by atoms with Crippen LogP contribution >= 0.6 is 0 Å². The van der Waals surface area contributed by atoms with E-state index in [1.54, 1.807) is 24.3 Å². The molecule has 0 bridgehead atoms. The molecule has 1 aromatic heterocycles. The first-order chi connectivity index (χ1) is 13.6. The van der Waals surface area contributed by atoms with Crippen LogP contribution in [0.5, 0.6) is 0 Å². The van der Waals surface area contributed by atoms with Crippen LogP contribution in [-0.4, -0.2) is 48.6 Å². The highest BCUT2D eigenvalue weighted by atomic mass is 19.1. The summed E-state index contributed by atoms with van der Waals surface area (Å²) in [7, 11) is 0. The third-order valence-corrected chi connectivity index (χ3v) is 5.02. The van der Waals surface area contributed by atoms with E-state index in [0.29, 0.717) is 36.4 Å². The number of ether oxygens (including phenoxy) is 1. The van der Waals surface area contributed by atoms with Gasteiger partial charge in [0.05, 0.1) is 19.3 Å². The van der Waals surface area contributed by atoms with Gasteiger partial charge >= 0.3 is 0 Å². The number of aromatic amines is 1. The van der Waals surface area contributed by atoms with Crippen molar-refractivity contribution in [2.75, 3.05) is 32.8 Å². The first-order valence-corrected chi connectivity index (χ1v) is 9.24. The van der Waals surface area contributed by atoms with Gasteiger partial charge in [-0.2, -0.15) is 0 Å². The van der Waals surface area contributed by atoms with Crippen molar-refractivity contribution in [3.8, 4) is 0 Å². The van der Waals surface area contributed by atoms with Crippen LogP contribution < -0.4 is 5.32 Å². The Hall–Kier alpha value is -2.77. The molecule has 7 heteroatoms. The number of nitrogens with zero attached hydrogens (tertiary/aromatic N) is 1. The number of benzene rings is 2. The zero-order valence-corrected chi connectivity index (χ0v) is 15.3. The summed E-state index contributed by atoms with van der Waals surface area (Å²) in [4.78, 5) is 17.9. The average molecular weight is 385 g/mol. The van der Waals surface area contributed by atoms with E-state index in [1.165, 1.54) is 24.3 Å². The molecule has 1 aliphatic heterocycles. The van der Waals surface area contributed by atoms with Gasteiger partial charge in [0, 0.05) is 30.5 Å². The van der Waals surface area contributed by atoms with Crippen molar-refractivity contribution in [3.05, 3.63) is 71.4 Å². The largest absolute Gasteiger partial charge is 0.379 e. The van der Waals surface area contributed by atoms with E-state index in [2.05, 4.69) is 15.2 Å². The highest BCUT2D eigenvalue weighted by molar-refractivity contribution is 5.98. The summed E-state index contributed by atoms with van der Waals surface area (Å²) in [6, 6.07) is 12.2. The molecule has 1 saturated heterocycles. The third kappa shape index (κ3) is 4.05. The lowest BCUT2D eigenvalue weighted by Gasteiger charge is -2.34. The number of halogens is 2. The highest BCUT2D eigenvalue weighted by Gasteiger charge is 2.23. The van der Waals surface area contributed by atoms with Crippen LogP contribution in [-0.2, 0) is 4.74 Å². The molecule has 2 N–H and O–H groups in total. The summed E-state index contributed by atoms with van der Waals surface area (Å²) in [5.41, 5.74) is 2.01. The van der Waals surface area contributed by atoms with E-state index >= 15 is 0 Å². The van der Waals surface area contributed by atoms with E-state index < -0.39 is 0 Å². The number of fused-ring (bicyclic) bond motifs is 1. The fraction of sp³-hybridized carbons (Fsp3) is 0.286. The van der Waals surface area contributed by atoms with Gasteiger partial charge in [0.15, 0.2) is 0 Å². The van der Waals surface area contributed by atoms with Gasteiger partial charge in [0.1, 0.15) is 17.3 Å². The number of hydrogen-bond acceptors (Lipinski definition) is 3. The van der Waals surface area contributed by atoms with Crippen LogP contribution in [0.2, 0.25) is 0 Å². The Labute approximate surface area is 161 Å². The number of amides is 1. The Morgan fingerprint density at radius 1 is 1.07 bits per heavy atom. The van der Waals surface area contributed by atoms with E-state index in [4.69, 9.17) is 4.74 Å². The third-order valence-electron chi connectivity index (χ3n) is 5.02. The molecular weight excluding hydrogens is 364 g/mol. The first-order valence-electron chi connectivity index (χ1n) is 9.24. The molecule has 1 aliphatic rings. The quantitative estimate of drug-likeness (QED) is 0.709. The number of carbonyl (C=O) groups is 1. The highest BCUT2D eigenvalue weighted by Crippen LogP contribution is 2.22. The molecule has 0 radical (unpaired) electrons. The molecule has 2 aromatic carbocycles. The number of H-pyrrole nitrogens is 1. The molecule has 5 nitrogen and oxygen atoms in total. The molecule has 28 heavy (non-hydrogen) atoms. The topological polar surface area (TPSA) is 57.4 Å². The van der Waals surface area contributed by atoms with Crippen LogP contribution in [0.4, 0.5) is 8.78 Å². The van der Waals surface area contributed by atoms with Crippen LogP contribution in [0, 0.1) is 11.6 Å². The first kappa shape index (κ1) is 18.6. The minimum Gasteiger partial charge on any atom is -0.379 e. The maximum atomic E-state index is 13.4. The molecule has 1 atom stereocenters. The zero-order valence-electron chi connectivity index (χ0n) is 15.3. The van der Waals surface area contributed by atoms with Gasteiger partial charge in [-0.15, -0.1) is 0 Å². The molecule has 4 rings (SSSR count). The van der Waals surface area contributed by atoms with Crippen LogP contribution in [0.1, 0.15) is 22.1 Å². The molecule has 0 aliphatic carbocycles. The Morgan fingerprint density at radius 3 is 2.54 bits per heavy atom. The second-order valence-electron chi connectivity index (χ2n) is 6.84. The Morgan fingerprint density at radius 2 is 1.79 bits per heavy atom. The molecule has 0 spiro atoms. The van der Waals surface area contributed by atoms with Gasteiger partial charge < -0.3 is 15.0 Å². The monoisotopic (exact) mass is 385 g/mol. The van der Waals surface area contributed by atoms with Crippen molar-refractivity contribution in [1.82, 2.24) is 15.2 Å². The number of morpholine rings is 1. The van der Waals surface area contributed by atoms with Gasteiger partial charge in [0.2, 0.25) is 0 Å². The second kappa shape index (κ2) is 8.08. The summed E-state index contributed by atoms with van der Waals surface area (Å²) in [5, 5.41) is 3.59. The zero-order chi connectivity index (χ0) is 19.5. The van der Waals surface area contributed by atoms with Gasteiger partial charge in [-0.25, -0.2) is 8.78 Å².